The minimum Gasteiger partial charge on any atom is -0.493 e. The number of nitrogens with one attached hydrogen (secondary N) is 1. The molecule has 0 radical (unpaired) electrons. The molecule has 168 valence electrons. The molecule has 0 bridgehead atoms. The Bertz CT molecular complexity index is 866. The van der Waals surface area contributed by atoms with E-state index in [1.165, 1.54) is 51.0 Å². The lowest BCUT2D eigenvalue weighted by molar-refractivity contribution is -0.0301. The maximum absolute atomic E-state index is 6.12. The highest BCUT2D eigenvalue weighted by Crippen LogP contribution is 2.50. The van der Waals surface area contributed by atoms with Crippen LogP contribution in [0.4, 0.5) is 0 Å². The van der Waals surface area contributed by atoms with Crippen LogP contribution in [0.5, 0.6) is 17.2 Å². The van der Waals surface area contributed by atoms with Gasteiger partial charge in [-0.25, -0.2) is 0 Å². The van der Waals surface area contributed by atoms with Crippen LogP contribution in [0, 0.1) is 16.7 Å². The van der Waals surface area contributed by atoms with Gasteiger partial charge in [0.05, 0.1) is 7.11 Å². The Hall–Kier alpha value is -2.04. The van der Waals surface area contributed by atoms with Crippen molar-refractivity contribution in [3.05, 3.63) is 54.1 Å². The second kappa shape index (κ2) is 9.22. The molecule has 2 aliphatic rings. The summed E-state index contributed by atoms with van der Waals surface area (Å²) in [6.45, 7) is 13.0. The van der Waals surface area contributed by atoms with Gasteiger partial charge < -0.3 is 14.8 Å². The molecular weight excluding hydrogens is 384 g/mol. The van der Waals surface area contributed by atoms with E-state index in [9.17, 15) is 0 Å². The SMILES string of the molecule is COc1ccccc1Oc1cccc(CN2CCC3(CCNCC3C(C)(C)C)CC2)c1. The van der Waals surface area contributed by atoms with E-state index in [1.807, 2.05) is 30.3 Å². The van der Waals surface area contributed by atoms with E-state index in [2.05, 4.69) is 49.2 Å². The second-order valence-electron chi connectivity index (χ2n) is 10.4. The maximum atomic E-state index is 6.12. The highest BCUT2D eigenvalue weighted by atomic mass is 16.5. The lowest BCUT2D eigenvalue weighted by Gasteiger charge is -2.54. The molecule has 2 fully saturated rings. The fourth-order valence-corrected chi connectivity index (χ4v) is 5.75. The molecule has 1 unspecified atom stereocenters. The van der Waals surface area contributed by atoms with Crippen LogP contribution in [0.3, 0.4) is 0 Å². The van der Waals surface area contributed by atoms with Crippen molar-refractivity contribution in [1.29, 1.82) is 0 Å². The van der Waals surface area contributed by atoms with Crippen molar-refractivity contribution in [3.8, 4) is 17.2 Å². The van der Waals surface area contributed by atoms with Crippen LogP contribution < -0.4 is 14.8 Å². The summed E-state index contributed by atoms with van der Waals surface area (Å²) in [4.78, 5) is 2.62. The van der Waals surface area contributed by atoms with Crippen molar-refractivity contribution in [2.75, 3.05) is 33.3 Å². The van der Waals surface area contributed by atoms with E-state index in [0.717, 1.165) is 29.7 Å². The van der Waals surface area contributed by atoms with E-state index in [-0.39, 0.29) is 0 Å². The molecule has 2 heterocycles. The Labute approximate surface area is 187 Å². The lowest BCUT2D eigenvalue weighted by atomic mass is 9.57. The number of para-hydroxylation sites is 2. The van der Waals surface area contributed by atoms with Gasteiger partial charge in [-0.15, -0.1) is 0 Å². The first-order valence-electron chi connectivity index (χ1n) is 11.7. The molecule has 0 aliphatic carbocycles. The molecular formula is C27H38N2O2. The zero-order chi connectivity index (χ0) is 21.9. The number of ether oxygens (including phenoxy) is 2. The van der Waals surface area contributed by atoms with E-state index >= 15 is 0 Å². The van der Waals surface area contributed by atoms with Gasteiger partial charge in [-0.2, -0.15) is 0 Å². The average molecular weight is 423 g/mol. The number of piperidine rings is 2. The first-order chi connectivity index (χ1) is 14.9. The first-order valence-corrected chi connectivity index (χ1v) is 11.7. The molecule has 4 heteroatoms. The zero-order valence-corrected chi connectivity index (χ0v) is 19.6. The van der Waals surface area contributed by atoms with E-state index < -0.39 is 0 Å². The van der Waals surface area contributed by atoms with Gasteiger partial charge in [-0.3, -0.25) is 4.90 Å². The van der Waals surface area contributed by atoms with Crippen molar-refractivity contribution >= 4 is 0 Å². The third kappa shape index (κ3) is 5.07. The van der Waals surface area contributed by atoms with Gasteiger partial charge in [0.25, 0.3) is 0 Å². The van der Waals surface area contributed by atoms with E-state index in [0.29, 0.717) is 10.8 Å². The first kappa shape index (κ1) is 22.2. The van der Waals surface area contributed by atoms with Crippen LogP contribution in [0.1, 0.15) is 45.6 Å². The van der Waals surface area contributed by atoms with Gasteiger partial charge in [-0.1, -0.05) is 45.0 Å². The molecule has 0 amide bonds. The predicted octanol–water partition coefficient (Wildman–Crippen LogP) is 5.73. The van der Waals surface area contributed by atoms with Crippen LogP contribution in [-0.2, 0) is 6.54 Å². The summed E-state index contributed by atoms with van der Waals surface area (Å²) >= 11 is 0. The number of hydrogen-bond acceptors (Lipinski definition) is 4. The lowest BCUT2D eigenvalue weighted by Crippen LogP contribution is -2.54. The number of hydrogen-bond donors (Lipinski definition) is 1. The molecule has 2 saturated heterocycles. The largest absolute Gasteiger partial charge is 0.493 e. The predicted molar refractivity (Wildman–Crippen MR) is 127 cm³/mol. The summed E-state index contributed by atoms with van der Waals surface area (Å²) in [5.74, 6) is 3.13. The minimum absolute atomic E-state index is 0.361. The highest BCUT2D eigenvalue weighted by molar-refractivity contribution is 5.43. The average Bonchev–Trinajstić information content (AvgIpc) is 2.76. The third-order valence-electron chi connectivity index (χ3n) is 7.39. The van der Waals surface area contributed by atoms with Crippen molar-refractivity contribution in [3.63, 3.8) is 0 Å². The second-order valence-corrected chi connectivity index (χ2v) is 10.4. The molecule has 0 saturated carbocycles. The van der Waals surface area contributed by atoms with Gasteiger partial charge >= 0.3 is 0 Å². The van der Waals surface area contributed by atoms with Crippen molar-refractivity contribution in [2.24, 2.45) is 16.7 Å². The number of likely N-dealkylation sites (tertiary alicyclic amines) is 1. The minimum atomic E-state index is 0.361. The van der Waals surface area contributed by atoms with Crippen molar-refractivity contribution in [1.82, 2.24) is 10.2 Å². The van der Waals surface area contributed by atoms with Gasteiger partial charge in [0.15, 0.2) is 11.5 Å². The van der Waals surface area contributed by atoms with Gasteiger partial charge in [0, 0.05) is 6.54 Å². The van der Waals surface area contributed by atoms with Gasteiger partial charge in [0.2, 0.25) is 0 Å². The van der Waals surface area contributed by atoms with Crippen LogP contribution >= 0.6 is 0 Å². The fourth-order valence-electron chi connectivity index (χ4n) is 5.75. The number of benzene rings is 2. The summed E-state index contributed by atoms with van der Waals surface area (Å²) in [6.07, 6.45) is 3.95. The maximum Gasteiger partial charge on any atom is 0.169 e. The summed E-state index contributed by atoms with van der Waals surface area (Å²) in [5, 5.41) is 3.66. The standard InChI is InChI=1S/C27H38N2O2/c1-26(2,3)25-19-28-15-12-27(25)13-16-29(17-14-27)20-21-8-7-9-22(18-21)31-24-11-6-5-10-23(24)30-4/h5-11,18,25,28H,12-17,19-20H2,1-4H3. The Kier molecular flexibility index (Phi) is 6.59. The smallest absolute Gasteiger partial charge is 0.169 e. The summed E-state index contributed by atoms with van der Waals surface area (Å²) in [6, 6.07) is 16.3. The normalized spacial score (nSPS) is 21.7. The third-order valence-corrected chi connectivity index (χ3v) is 7.39. The Morgan fingerprint density at radius 1 is 1.00 bits per heavy atom. The number of rotatable bonds is 5. The molecule has 1 atom stereocenters. The Balaban J connectivity index is 1.39. The number of nitrogens with zero attached hydrogens (tertiary/aromatic N) is 1. The quantitative estimate of drug-likeness (QED) is 0.668. The molecule has 4 rings (SSSR count). The zero-order valence-electron chi connectivity index (χ0n) is 19.6. The van der Waals surface area contributed by atoms with Gasteiger partial charge in [-0.05, 0) is 92.0 Å². The van der Waals surface area contributed by atoms with Crippen molar-refractivity contribution < 1.29 is 9.47 Å². The molecule has 1 spiro atoms. The van der Waals surface area contributed by atoms with Crippen molar-refractivity contribution in [2.45, 2.75) is 46.6 Å². The molecule has 2 aromatic carbocycles. The number of methoxy groups -OCH3 is 1. The molecule has 2 aromatic rings. The van der Waals surface area contributed by atoms with Gasteiger partial charge in [0.1, 0.15) is 5.75 Å². The molecule has 2 aliphatic heterocycles. The van der Waals surface area contributed by atoms with E-state index in [4.69, 9.17) is 9.47 Å². The van der Waals surface area contributed by atoms with Crippen LogP contribution in [0.25, 0.3) is 0 Å². The highest BCUT2D eigenvalue weighted by Gasteiger charge is 2.47. The molecule has 1 N–H and O–H groups in total. The summed E-state index contributed by atoms with van der Waals surface area (Å²) in [7, 11) is 1.67. The van der Waals surface area contributed by atoms with Crippen LogP contribution in [0.2, 0.25) is 0 Å². The Morgan fingerprint density at radius 2 is 1.74 bits per heavy atom. The van der Waals surface area contributed by atoms with Crippen LogP contribution in [0.15, 0.2) is 48.5 Å². The summed E-state index contributed by atoms with van der Waals surface area (Å²) < 4.78 is 11.5. The topological polar surface area (TPSA) is 33.7 Å². The summed E-state index contributed by atoms with van der Waals surface area (Å²) in [5.41, 5.74) is 2.18. The molecule has 4 nitrogen and oxygen atoms in total. The molecule has 0 aromatic heterocycles. The Morgan fingerprint density at radius 3 is 2.45 bits per heavy atom. The van der Waals surface area contributed by atoms with E-state index in [1.54, 1.807) is 7.11 Å². The fraction of sp³-hybridized carbons (Fsp3) is 0.556. The van der Waals surface area contributed by atoms with Crippen LogP contribution in [-0.4, -0.2) is 38.2 Å². The monoisotopic (exact) mass is 422 g/mol. The molecule has 31 heavy (non-hydrogen) atoms.